The number of carbonyl (C=O) groups excluding carboxylic acids is 1. The minimum absolute atomic E-state index is 0.109. The number of benzene rings is 1. The van der Waals surface area contributed by atoms with E-state index in [1.54, 1.807) is 6.92 Å². The van der Waals surface area contributed by atoms with E-state index in [0.29, 0.717) is 19.5 Å². The van der Waals surface area contributed by atoms with Gasteiger partial charge in [0.15, 0.2) is 0 Å². The predicted octanol–water partition coefficient (Wildman–Crippen LogP) is 2.28. The van der Waals surface area contributed by atoms with Gasteiger partial charge >= 0.3 is 0 Å². The van der Waals surface area contributed by atoms with E-state index < -0.39 is 15.4 Å². The van der Waals surface area contributed by atoms with Crippen molar-refractivity contribution >= 4 is 15.9 Å². The van der Waals surface area contributed by atoms with Gasteiger partial charge in [0.05, 0.1) is 11.2 Å². The first-order valence-corrected chi connectivity index (χ1v) is 10.9. The van der Waals surface area contributed by atoms with E-state index in [1.807, 2.05) is 23.1 Å². The Morgan fingerprint density at radius 1 is 1.12 bits per heavy atom. The van der Waals surface area contributed by atoms with E-state index in [4.69, 9.17) is 0 Å². The number of aryl methyl sites for hydroxylation is 1. The maximum atomic E-state index is 13.1. The van der Waals surface area contributed by atoms with Gasteiger partial charge in [0.2, 0.25) is 15.9 Å². The minimum atomic E-state index is -3.20. The van der Waals surface area contributed by atoms with Crippen molar-refractivity contribution in [1.29, 1.82) is 0 Å². The second-order valence-electron chi connectivity index (χ2n) is 7.25. The third-order valence-electron chi connectivity index (χ3n) is 5.64. The molecule has 1 spiro atoms. The van der Waals surface area contributed by atoms with Gasteiger partial charge in [-0.2, -0.15) is 0 Å². The van der Waals surface area contributed by atoms with Gasteiger partial charge < -0.3 is 4.90 Å². The molecular weight excluding hydrogens is 336 g/mol. The van der Waals surface area contributed by atoms with Crippen molar-refractivity contribution in [2.24, 2.45) is 5.41 Å². The van der Waals surface area contributed by atoms with E-state index in [-0.39, 0.29) is 11.7 Å². The summed E-state index contributed by atoms with van der Waals surface area (Å²) in [6.45, 7) is 4.09. The summed E-state index contributed by atoms with van der Waals surface area (Å²) in [5.74, 6) is 0.276. The average Bonchev–Trinajstić information content (AvgIpc) is 3.06. The minimum Gasteiger partial charge on any atom is -0.342 e. The number of carbonyl (C=O) groups is 1. The van der Waals surface area contributed by atoms with Crippen LogP contribution in [0.25, 0.3) is 0 Å². The molecule has 1 unspecified atom stereocenters. The summed E-state index contributed by atoms with van der Waals surface area (Å²) in [6, 6.07) is 10.3. The Morgan fingerprint density at radius 2 is 1.88 bits per heavy atom. The van der Waals surface area contributed by atoms with Gasteiger partial charge in [0.1, 0.15) is 0 Å². The molecule has 1 atom stereocenters. The highest BCUT2D eigenvalue weighted by atomic mass is 32.2. The maximum absolute atomic E-state index is 13.1. The summed E-state index contributed by atoms with van der Waals surface area (Å²) in [5, 5.41) is 0. The van der Waals surface area contributed by atoms with E-state index in [0.717, 1.165) is 38.8 Å². The first kappa shape index (κ1) is 18.4. The Morgan fingerprint density at radius 3 is 2.60 bits per heavy atom. The number of nitrogens with zero attached hydrogens (tertiary/aromatic N) is 2. The molecule has 2 aliphatic heterocycles. The van der Waals surface area contributed by atoms with Crippen LogP contribution >= 0.6 is 0 Å². The molecule has 1 aromatic carbocycles. The van der Waals surface area contributed by atoms with Crippen molar-refractivity contribution in [2.75, 3.05) is 31.9 Å². The molecule has 0 saturated carbocycles. The topological polar surface area (TPSA) is 57.7 Å². The predicted molar refractivity (Wildman–Crippen MR) is 98.7 cm³/mol. The smallest absolute Gasteiger partial charge is 0.230 e. The van der Waals surface area contributed by atoms with Crippen molar-refractivity contribution in [3.63, 3.8) is 0 Å². The van der Waals surface area contributed by atoms with Crippen LogP contribution in [0.2, 0.25) is 0 Å². The van der Waals surface area contributed by atoms with E-state index >= 15 is 0 Å². The van der Waals surface area contributed by atoms with Gasteiger partial charge in [0, 0.05) is 26.2 Å². The zero-order valence-corrected chi connectivity index (χ0v) is 15.8. The summed E-state index contributed by atoms with van der Waals surface area (Å²) in [6.07, 6.45) is 4.37. The Balaban J connectivity index is 1.60. The van der Waals surface area contributed by atoms with Gasteiger partial charge in [-0.25, -0.2) is 12.7 Å². The average molecular weight is 365 g/mol. The zero-order chi connectivity index (χ0) is 17.9. The van der Waals surface area contributed by atoms with Gasteiger partial charge in [-0.3, -0.25) is 4.79 Å². The molecule has 2 aliphatic rings. The first-order chi connectivity index (χ1) is 12.0. The molecule has 2 heterocycles. The molecule has 0 N–H and O–H groups in total. The Kier molecular flexibility index (Phi) is 5.49. The Bertz CT molecular complexity index is 705. The highest BCUT2D eigenvalue weighted by molar-refractivity contribution is 7.89. The zero-order valence-electron chi connectivity index (χ0n) is 15.0. The normalized spacial score (nSPS) is 25.0. The SMILES string of the molecule is CCS(=O)(=O)N1CCC2(CCCN(CCCc3ccccc3)C2=O)C1. The molecule has 5 nitrogen and oxygen atoms in total. The van der Waals surface area contributed by atoms with Crippen molar-refractivity contribution in [2.45, 2.75) is 39.0 Å². The molecule has 0 bridgehead atoms. The Hall–Kier alpha value is -1.40. The molecule has 0 aliphatic carbocycles. The van der Waals surface area contributed by atoms with Crippen molar-refractivity contribution in [3.05, 3.63) is 35.9 Å². The number of sulfonamides is 1. The van der Waals surface area contributed by atoms with Gasteiger partial charge in [-0.05, 0) is 44.6 Å². The fourth-order valence-corrected chi connectivity index (χ4v) is 5.30. The number of piperidine rings is 1. The van der Waals surface area contributed by atoms with Crippen LogP contribution in [0.4, 0.5) is 0 Å². The molecule has 25 heavy (non-hydrogen) atoms. The van der Waals surface area contributed by atoms with Crippen LogP contribution in [0.3, 0.4) is 0 Å². The van der Waals surface area contributed by atoms with Crippen LogP contribution in [-0.4, -0.2) is 55.5 Å². The Labute approximate surface area is 151 Å². The molecule has 2 fully saturated rings. The lowest BCUT2D eigenvalue weighted by atomic mass is 9.78. The summed E-state index contributed by atoms with van der Waals surface area (Å²) >= 11 is 0. The number of rotatable bonds is 6. The molecule has 6 heteroatoms. The molecule has 2 saturated heterocycles. The molecule has 0 aromatic heterocycles. The molecule has 0 radical (unpaired) electrons. The first-order valence-electron chi connectivity index (χ1n) is 9.28. The van der Waals surface area contributed by atoms with Crippen LogP contribution < -0.4 is 0 Å². The fraction of sp³-hybridized carbons (Fsp3) is 0.632. The van der Waals surface area contributed by atoms with Gasteiger partial charge in [-0.1, -0.05) is 30.3 Å². The van der Waals surface area contributed by atoms with Crippen LogP contribution in [0.1, 0.15) is 38.2 Å². The lowest BCUT2D eigenvalue weighted by molar-refractivity contribution is -0.145. The third kappa shape index (κ3) is 3.90. The van der Waals surface area contributed by atoms with E-state index in [1.165, 1.54) is 9.87 Å². The second-order valence-corrected chi connectivity index (χ2v) is 9.51. The lowest BCUT2D eigenvalue weighted by Crippen LogP contribution is -2.50. The van der Waals surface area contributed by atoms with Crippen LogP contribution in [-0.2, 0) is 21.2 Å². The largest absolute Gasteiger partial charge is 0.342 e. The monoisotopic (exact) mass is 364 g/mol. The standard InChI is InChI=1S/C19H28N2O3S/c1-2-25(23,24)21-15-12-19(16-21)11-7-14-20(18(19)22)13-6-10-17-8-4-3-5-9-17/h3-5,8-9H,2,6-7,10-16H2,1H3. The van der Waals surface area contributed by atoms with Crippen molar-refractivity contribution in [3.8, 4) is 0 Å². The van der Waals surface area contributed by atoms with Crippen LogP contribution in [0, 0.1) is 5.41 Å². The third-order valence-corrected chi connectivity index (χ3v) is 7.47. The van der Waals surface area contributed by atoms with Gasteiger partial charge in [0.25, 0.3) is 0 Å². The van der Waals surface area contributed by atoms with E-state index in [9.17, 15) is 13.2 Å². The second kappa shape index (κ2) is 7.46. The highest BCUT2D eigenvalue weighted by Crippen LogP contribution is 2.41. The molecular formula is C19H28N2O3S. The summed E-state index contributed by atoms with van der Waals surface area (Å²) in [4.78, 5) is 15.0. The summed E-state index contributed by atoms with van der Waals surface area (Å²) < 4.78 is 25.8. The number of hydrogen-bond acceptors (Lipinski definition) is 3. The molecule has 138 valence electrons. The lowest BCUT2D eigenvalue weighted by Gasteiger charge is -2.39. The van der Waals surface area contributed by atoms with Gasteiger partial charge in [-0.15, -0.1) is 0 Å². The number of likely N-dealkylation sites (tertiary alicyclic amines) is 1. The quantitative estimate of drug-likeness (QED) is 0.778. The van der Waals surface area contributed by atoms with Crippen LogP contribution in [0.15, 0.2) is 30.3 Å². The van der Waals surface area contributed by atoms with Crippen LogP contribution in [0.5, 0.6) is 0 Å². The number of hydrogen-bond donors (Lipinski definition) is 0. The van der Waals surface area contributed by atoms with Crippen molar-refractivity contribution < 1.29 is 13.2 Å². The maximum Gasteiger partial charge on any atom is 0.230 e. The highest BCUT2D eigenvalue weighted by Gasteiger charge is 2.50. The summed E-state index contributed by atoms with van der Waals surface area (Å²) in [7, 11) is -3.20. The fourth-order valence-electron chi connectivity index (χ4n) is 4.12. The molecule has 1 amide bonds. The number of amides is 1. The van der Waals surface area contributed by atoms with E-state index in [2.05, 4.69) is 12.1 Å². The molecule has 3 rings (SSSR count). The molecule has 1 aromatic rings. The van der Waals surface area contributed by atoms with Crippen molar-refractivity contribution in [1.82, 2.24) is 9.21 Å². The summed E-state index contributed by atoms with van der Waals surface area (Å²) in [5.41, 5.74) is 0.815.